The fourth-order valence-electron chi connectivity index (χ4n) is 2.60. The Morgan fingerprint density at radius 1 is 1.39 bits per heavy atom. The van der Waals surface area contributed by atoms with E-state index in [4.69, 9.17) is 4.74 Å². The predicted octanol–water partition coefficient (Wildman–Crippen LogP) is 2.80. The molecule has 23 heavy (non-hydrogen) atoms. The molecule has 0 N–H and O–H groups in total. The molecule has 1 amide bonds. The number of benzene rings is 1. The molecule has 6 heteroatoms. The van der Waals surface area contributed by atoms with Crippen LogP contribution in [0.5, 0.6) is 0 Å². The summed E-state index contributed by atoms with van der Waals surface area (Å²) < 4.78 is 7.85. The van der Waals surface area contributed by atoms with Crippen LogP contribution in [0.3, 0.4) is 0 Å². The van der Waals surface area contributed by atoms with Crippen molar-refractivity contribution in [1.29, 1.82) is 0 Å². The molecule has 1 fully saturated rings. The van der Waals surface area contributed by atoms with Crippen LogP contribution in [0.4, 0.5) is 0 Å². The number of ether oxygens (including phenoxy) is 1. The van der Waals surface area contributed by atoms with Crippen LogP contribution >= 0.6 is 11.3 Å². The lowest BCUT2D eigenvalue weighted by molar-refractivity contribution is -0.143. The second-order valence-electron chi connectivity index (χ2n) is 5.82. The molecule has 1 aliphatic carbocycles. The third-order valence-electron chi connectivity index (χ3n) is 4.09. The average Bonchev–Trinajstić information content (AvgIpc) is 2.74. The van der Waals surface area contributed by atoms with Gasteiger partial charge in [0.1, 0.15) is 6.54 Å². The maximum absolute atomic E-state index is 12.2. The molecule has 0 radical (unpaired) electrons. The summed E-state index contributed by atoms with van der Waals surface area (Å²) in [5, 5.41) is 0. The third-order valence-corrected chi connectivity index (χ3v) is 5.13. The smallest absolute Gasteiger partial charge is 0.326 e. The number of hydrogen-bond acceptors (Lipinski definition) is 4. The van der Waals surface area contributed by atoms with Gasteiger partial charge in [-0.25, -0.2) is 0 Å². The molecular weight excluding hydrogens is 312 g/mol. The highest BCUT2D eigenvalue weighted by Gasteiger charge is 2.25. The van der Waals surface area contributed by atoms with E-state index in [1.807, 2.05) is 19.1 Å². The van der Waals surface area contributed by atoms with Crippen LogP contribution < -0.4 is 4.80 Å². The first-order chi connectivity index (χ1) is 11.1. The molecule has 0 atom stereocenters. The monoisotopic (exact) mass is 332 g/mol. The molecule has 0 aliphatic heterocycles. The largest absolute Gasteiger partial charge is 0.465 e. The summed E-state index contributed by atoms with van der Waals surface area (Å²) >= 11 is 1.45. The van der Waals surface area contributed by atoms with Crippen molar-refractivity contribution in [3.63, 3.8) is 0 Å². The highest BCUT2D eigenvalue weighted by Crippen LogP contribution is 2.27. The first-order valence-electron chi connectivity index (χ1n) is 7.92. The Balaban J connectivity index is 2.05. The predicted molar refractivity (Wildman–Crippen MR) is 89.1 cm³/mol. The number of hydrogen-bond donors (Lipinski definition) is 0. The normalized spacial score (nSPS) is 15.7. The van der Waals surface area contributed by atoms with Crippen molar-refractivity contribution in [3.05, 3.63) is 28.6 Å². The fourth-order valence-corrected chi connectivity index (χ4v) is 3.73. The lowest BCUT2D eigenvalue weighted by Crippen LogP contribution is -2.26. The molecule has 1 aromatic heterocycles. The Hall–Kier alpha value is -1.95. The minimum Gasteiger partial charge on any atom is -0.465 e. The number of carbonyl (C=O) groups is 2. The number of rotatable bonds is 4. The van der Waals surface area contributed by atoms with Gasteiger partial charge in [0, 0.05) is 5.92 Å². The van der Waals surface area contributed by atoms with Crippen LogP contribution in [-0.4, -0.2) is 23.1 Å². The summed E-state index contributed by atoms with van der Waals surface area (Å²) in [4.78, 5) is 29.0. The minimum absolute atomic E-state index is 0.0537. The Morgan fingerprint density at radius 3 is 2.83 bits per heavy atom. The molecule has 1 aliphatic rings. The zero-order valence-corrected chi connectivity index (χ0v) is 14.2. The Morgan fingerprint density at radius 2 is 2.17 bits per heavy atom. The second-order valence-corrected chi connectivity index (χ2v) is 6.83. The van der Waals surface area contributed by atoms with E-state index in [0.717, 1.165) is 35.0 Å². The van der Waals surface area contributed by atoms with Gasteiger partial charge in [-0.2, -0.15) is 4.99 Å². The van der Waals surface area contributed by atoms with Gasteiger partial charge in [-0.05, 0) is 44.4 Å². The lowest BCUT2D eigenvalue weighted by atomic mass is 9.85. The van der Waals surface area contributed by atoms with Crippen molar-refractivity contribution in [3.8, 4) is 0 Å². The van der Waals surface area contributed by atoms with Crippen molar-refractivity contribution in [2.75, 3.05) is 6.61 Å². The number of carbonyl (C=O) groups excluding carboxylic acids is 2. The summed E-state index contributed by atoms with van der Waals surface area (Å²) in [6, 6.07) is 6.01. The highest BCUT2D eigenvalue weighted by atomic mass is 32.1. The molecule has 2 aromatic rings. The number of nitrogens with zero attached hydrogens (tertiary/aromatic N) is 2. The van der Waals surface area contributed by atoms with Gasteiger partial charge in [-0.1, -0.05) is 23.8 Å². The Labute approximate surface area is 138 Å². The number of amides is 1. The van der Waals surface area contributed by atoms with Gasteiger partial charge in [0.05, 0.1) is 16.8 Å². The topological polar surface area (TPSA) is 60.7 Å². The number of aromatic nitrogens is 1. The second kappa shape index (κ2) is 6.66. The fraction of sp³-hybridized carbons (Fsp3) is 0.471. The maximum atomic E-state index is 12.2. The van der Waals surface area contributed by atoms with E-state index in [0.29, 0.717) is 11.4 Å². The molecule has 0 bridgehead atoms. The molecule has 0 spiro atoms. The Bertz CT molecular complexity index is 815. The van der Waals surface area contributed by atoms with E-state index in [-0.39, 0.29) is 24.3 Å². The van der Waals surface area contributed by atoms with Crippen LogP contribution in [0, 0.1) is 12.8 Å². The van der Waals surface area contributed by atoms with Crippen LogP contribution in [0.1, 0.15) is 31.7 Å². The molecule has 122 valence electrons. The molecular formula is C17H20N2O3S. The third kappa shape index (κ3) is 3.37. The van der Waals surface area contributed by atoms with Gasteiger partial charge in [0.2, 0.25) is 0 Å². The summed E-state index contributed by atoms with van der Waals surface area (Å²) in [6.45, 7) is 4.22. The van der Waals surface area contributed by atoms with Crippen LogP contribution in [0.25, 0.3) is 10.2 Å². The highest BCUT2D eigenvalue weighted by molar-refractivity contribution is 7.16. The van der Waals surface area contributed by atoms with Crippen LogP contribution in [0.2, 0.25) is 0 Å². The van der Waals surface area contributed by atoms with E-state index in [2.05, 4.69) is 11.1 Å². The standard InChI is InChI=1S/C17H20N2O3S/c1-3-22-15(20)10-19-13-8-7-11(2)9-14(13)23-17(19)18-16(21)12-5-4-6-12/h7-9,12H,3-6,10H2,1-2H3. The first-order valence-corrected chi connectivity index (χ1v) is 8.74. The quantitative estimate of drug-likeness (QED) is 0.809. The Kier molecular flexibility index (Phi) is 4.61. The minimum atomic E-state index is -0.315. The molecule has 0 saturated heterocycles. The summed E-state index contributed by atoms with van der Waals surface area (Å²) in [5.41, 5.74) is 2.05. The maximum Gasteiger partial charge on any atom is 0.326 e. The van der Waals surface area contributed by atoms with E-state index >= 15 is 0 Å². The lowest BCUT2D eigenvalue weighted by Gasteiger charge is -2.20. The average molecular weight is 332 g/mol. The van der Waals surface area contributed by atoms with Crippen molar-refractivity contribution < 1.29 is 14.3 Å². The van der Waals surface area contributed by atoms with Gasteiger partial charge >= 0.3 is 5.97 Å². The molecule has 3 rings (SSSR count). The van der Waals surface area contributed by atoms with Gasteiger partial charge in [-0.15, -0.1) is 0 Å². The van der Waals surface area contributed by atoms with Gasteiger partial charge < -0.3 is 9.30 Å². The number of fused-ring (bicyclic) bond motifs is 1. The zero-order valence-electron chi connectivity index (χ0n) is 13.4. The summed E-state index contributed by atoms with van der Waals surface area (Å²) in [7, 11) is 0. The molecule has 0 unspecified atom stereocenters. The van der Waals surface area contributed by atoms with E-state index in [1.165, 1.54) is 11.3 Å². The van der Waals surface area contributed by atoms with E-state index in [1.54, 1.807) is 11.5 Å². The number of aryl methyl sites for hydroxylation is 1. The van der Waals surface area contributed by atoms with Gasteiger partial charge in [0.15, 0.2) is 4.80 Å². The molecule has 1 heterocycles. The number of esters is 1. The van der Waals surface area contributed by atoms with Gasteiger partial charge in [0.25, 0.3) is 5.91 Å². The van der Waals surface area contributed by atoms with Crippen molar-refractivity contribution in [2.45, 2.75) is 39.7 Å². The molecule has 1 saturated carbocycles. The summed E-state index contributed by atoms with van der Waals surface area (Å²) in [5.74, 6) is -0.333. The summed E-state index contributed by atoms with van der Waals surface area (Å²) in [6.07, 6.45) is 2.94. The first kappa shape index (κ1) is 15.9. The zero-order chi connectivity index (χ0) is 16.4. The van der Waals surface area contributed by atoms with Crippen molar-refractivity contribution in [1.82, 2.24) is 4.57 Å². The van der Waals surface area contributed by atoms with E-state index < -0.39 is 0 Å². The SMILES string of the molecule is CCOC(=O)Cn1c(=NC(=O)C2CCC2)sc2cc(C)ccc21. The number of thiazole rings is 1. The van der Waals surface area contributed by atoms with Crippen LogP contribution in [0.15, 0.2) is 23.2 Å². The van der Waals surface area contributed by atoms with Gasteiger partial charge in [-0.3, -0.25) is 9.59 Å². The van der Waals surface area contributed by atoms with E-state index in [9.17, 15) is 9.59 Å². The van der Waals surface area contributed by atoms with Crippen molar-refractivity contribution in [2.24, 2.45) is 10.9 Å². The molecule has 5 nitrogen and oxygen atoms in total. The van der Waals surface area contributed by atoms with Crippen LogP contribution in [-0.2, 0) is 20.9 Å². The molecule has 1 aromatic carbocycles. The van der Waals surface area contributed by atoms with Crippen molar-refractivity contribution >= 4 is 33.4 Å².